The number of aliphatic hydroxyl groups is 1. The minimum Gasteiger partial charge on any atom is -0.484 e. The first kappa shape index (κ1) is 15.3. The lowest BCUT2D eigenvalue weighted by molar-refractivity contribution is -0.123. The average molecular weight is 292 g/mol. The zero-order valence-electron chi connectivity index (χ0n) is 12.0. The predicted octanol–water partition coefficient (Wildman–Crippen LogP) is 0.408. The Labute approximate surface area is 123 Å². The van der Waals surface area contributed by atoms with E-state index in [1.165, 1.54) is 4.90 Å². The summed E-state index contributed by atoms with van der Waals surface area (Å²) in [4.78, 5) is 24.9. The van der Waals surface area contributed by atoms with Gasteiger partial charge in [-0.25, -0.2) is 0 Å². The van der Waals surface area contributed by atoms with Crippen LogP contribution in [-0.4, -0.2) is 54.7 Å². The molecule has 2 rings (SSSR count). The van der Waals surface area contributed by atoms with E-state index in [2.05, 4.69) is 5.32 Å². The second-order valence-corrected chi connectivity index (χ2v) is 5.11. The van der Waals surface area contributed by atoms with Gasteiger partial charge in [0.1, 0.15) is 5.75 Å². The zero-order chi connectivity index (χ0) is 15.2. The summed E-state index contributed by atoms with van der Waals surface area (Å²) in [6.07, 6.45) is 2.09. The van der Waals surface area contributed by atoms with Crippen molar-refractivity contribution in [3.05, 3.63) is 29.8 Å². The number of carbonyl (C=O) groups excluding carboxylic acids is 2. The third kappa shape index (κ3) is 4.75. The van der Waals surface area contributed by atoms with Crippen molar-refractivity contribution in [3.8, 4) is 5.75 Å². The fourth-order valence-corrected chi connectivity index (χ4v) is 1.81. The van der Waals surface area contributed by atoms with Crippen LogP contribution in [0.25, 0.3) is 0 Å². The highest BCUT2D eigenvalue weighted by Gasteiger charge is 2.23. The lowest BCUT2D eigenvalue weighted by Gasteiger charge is -2.15. The van der Waals surface area contributed by atoms with Gasteiger partial charge in [0.05, 0.1) is 6.61 Å². The van der Waals surface area contributed by atoms with Crippen LogP contribution < -0.4 is 10.1 Å². The van der Waals surface area contributed by atoms with Gasteiger partial charge in [0.15, 0.2) is 6.61 Å². The van der Waals surface area contributed by atoms with E-state index < -0.39 is 0 Å². The lowest BCUT2D eigenvalue weighted by atomic mass is 10.2. The fraction of sp³-hybridized carbons (Fsp3) is 0.467. The Morgan fingerprint density at radius 2 is 2.00 bits per heavy atom. The van der Waals surface area contributed by atoms with Gasteiger partial charge in [-0.05, 0) is 37.1 Å². The SMILES string of the molecule is CN(CCO)C(=O)c1ccc(OCC(=O)NC2CC2)cc1. The van der Waals surface area contributed by atoms with Crippen LogP contribution in [0.4, 0.5) is 0 Å². The summed E-state index contributed by atoms with van der Waals surface area (Å²) in [5.41, 5.74) is 0.515. The molecule has 114 valence electrons. The number of hydrogen-bond acceptors (Lipinski definition) is 4. The summed E-state index contributed by atoms with van der Waals surface area (Å²) >= 11 is 0. The Hall–Kier alpha value is -2.08. The fourth-order valence-electron chi connectivity index (χ4n) is 1.81. The van der Waals surface area contributed by atoms with E-state index in [1.54, 1.807) is 31.3 Å². The first-order chi connectivity index (χ1) is 10.1. The monoisotopic (exact) mass is 292 g/mol. The number of aliphatic hydroxyl groups excluding tert-OH is 1. The van der Waals surface area contributed by atoms with Gasteiger partial charge in [-0.3, -0.25) is 9.59 Å². The topological polar surface area (TPSA) is 78.9 Å². The largest absolute Gasteiger partial charge is 0.484 e. The molecular weight excluding hydrogens is 272 g/mol. The van der Waals surface area contributed by atoms with Crippen molar-refractivity contribution in [1.29, 1.82) is 0 Å². The molecule has 6 nitrogen and oxygen atoms in total. The summed E-state index contributed by atoms with van der Waals surface area (Å²) in [5.74, 6) is 0.254. The number of amides is 2. The molecule has 0 bridgehead atoms. The minimum atomic E-state index is -0.165. The van der Waals surface area contributed by atoms with E-state index in [9.17, 15) is 9.59 Å². The van der Waals surface area contributed by atoms with E-state index in [1.807, 2.05) is 0 Å². The minimum absolute atomic E-state index is 0.0196. The molecule has 0 unspecified atom stereocenters. The van der Waals surface area contributed by atoms with Crippen molar-refractivity contribution in [2.45, 2.75) is 18.9 Å². The van der Waals surface area contributed by atoms with Gasteiger partial charge >= 0.3 is 0 Å². The number of ether oxygens (including phenoxy) is 1. The second-order valence-electron chi connectivity index (χ2n) is 5.11. The molecule has 1 aromatic rings. The molecule has 1 fully saturated rings. The molecule has 0 spiro atoms. The Bertz CT molecular complexity index is 497. The van der Waals surface area contributed by atoms with Gasteiger partial charge in [-0.1, -0.05) is 0 Å². The second kappa shape index (κ2) is 7.08. The Morgan fingerprint density at radius 3 is 2.57 bits per heavy atom. The molecule has 0 saturated heterocycles. The first-order valence-corrected chi connectivity index (χ1v) is 6.98. The smallest absolute Gasteiger partial charge is 0.258 e. The van der Waals surface area contributed by atoms with Crippen molar-refractivity contribution in [1.82, 2.24) is 10.2 Å². The highest BCUT2D eigenvalue weighted by atomic mass is 16.5. The summed E-state index contributed by atoms with van der Waals surface area (Å²) in [5, 5.41) is 11.6. The molecular formula is C15H20N2O4. The number of rotatable bonds is 7. The molecule has 6 heteroatoms. The molecule has 0 aromatic heterocycles. The molecule has 1 aliphatic carbocycles. The number of carbonyl (C=O) groups is 2. The van der Waals surface area contributed by atoms with Gasteiger partial charge in [0, 0.05) is 25.2 Å². The van der Waals surface area contributed by atoms with Crippen LogP contribution in [0.1, 0.15) is 23.2 Å². The number of nitrogens with one attached hydrogen (secondary N) is 1. The Kier molecular flexibility index (Phi) is 5.16. The van der Waals surface area contributed by atoms with Crippen LogP contribution in [0.5, 0.6) is 5.75 Å². The molecule has 0 atom stereocenters. The van der Waals surface area contributed by atoms with Gasteiger partial charge in [0.2, 0.25) is 0 Å². The number of likely N-dealkylation sites (N-methyl/N-ethyl adjacent to an activating group) is 1. The predicted molar refractivity (Wildman–Crippen MR) is 77.1 cm³/mol. The maximum Gasteiger partial charge on any atom is 0.258 e. The molecule has 2 N–H and O–H groups in total. The Morgan fingerprint density at radius 1 is 1.33 bits per heavy atom. The standard InChI is InChI=1S/C15H20N2O4/c1-17(8-9-18)15(20)11-2-6-13(7-3-11)21-10-14(19)16-12-4-5-12/h2-3,6-7,12,18H,4-5,8-10H2,1H3,(H,16,19). The molecule has 0 heterocycles. The molecule has 1 saturated carbocycles. The van der Waals surface area contributed by atoms with Crippen LogP contribution in [0.15, 0.2) is 24.3 Å². The van der Waals surface area contributed by atoms with E-state index in [0.29, 0.717) is 23.9 Å². The quantitative estimate of drug-likeness (QED) is 0.763. The van der Waals surface area contributed by atoms with E-state index >= 15 is 0 Å². The zero-order valence-corrected chi connectivity index (χ0v) is 12.0. The van der Waals surface area contributed by atoms with Crippen molar-refractivity contribution in [2.75, 3.05) is 26.8 Å². The summed E-state index contributed by atoms with van der Waals surface area (Å²) in [6.45, 7) is 0.201. The van der Waals surface area contributed by atoms with Gasteiger partial charge in [-0.15, -0.1) is 0 Å². The van der Waals surface area contributed by atoms with Crippen LogP contribution in [-0.2, 0) is 4.79 Å². The normalized spacial score (nSPS) is 13.6. The molecule has 0 aliphatic heterocycles. The van der Waals surface area contributed by atoms with Gasteiger partial charge in [-0.2, -0.15) is 0 Å². The number of hydrogen-bond donors (Lipinski definition) is 2. The summed E-state index contributed by atoms with van der Waals surface area (Å²) in [6, 6.07) is 6.92. The third-order valence-corrected chi connectivity index (χ3v) is 3.20. The van der Waals surface area contributed by atoms with Gasteiger partial charge < -0.3 is 20.1 Å². The maximum absolute atomic E-state index is 12.0. The third-order valence-electron chi connectivity index (χ3n) is 3.20. The summed E-state index contributed by atoms with van der Waals surface area (Å²) < 4.78 is 5.36. The lowest BCUT2D eigenvalue weighted by Crippen LogP contribution is -2.30. The summed E-state index contributed by atoms with van der Waals surface area (Å²) in [7, 11) is 1.63. The van der Waals surface area contributed by atoms with E-state index in [0.717, 1.165) is 12.8 Å². The van der Waals surface area contributed by atoms with Crippen LogP contribution in [0.3, 0.4) is 0 Å². The van der Waals surface area contributed by atoms with Gasteiger partial charge in [0.25, 0.3) is 11.8 Å². The van der Waals surface area contributed by atoms with E-state index in [4.69, 9.17) is 9.84 Å². The van der Waals surface area contributed by atoms with Crippen molar-refractivity contribution in [3.63, 3.8) is 0 Å². The number of nitrogens with zero attached hydrogens (tertiary/aromatic N) is 1. The Balaban J connectivity index is 1.83. The van der Waals surface area contributed by atoms with Crippen LogP contribution in [0, 0.1) is 0 Å². The van der Waals surface area contributed by atoms with E-state index in [-0.39, 0.29) is 25.0 Å². The maximum atomic E-state index is 12.0. The molecule has 0 radical (unpaired) electrons. The number of benzene rings is 1. The van der Waals surface area contributed by atoms with Crippen LogP contribution >= 0.6 is 0 Å². The first-order valence-electron chi connectivity index (χ1n) is 6.98. The van der Waals surface area contributed by atoms with Crippen molar-refractivity contribution >= 4 is 11.8 Å². The highest BCUT2D eigenvalue weighted by Crippen LogP contribution is 2.18. The van der Waals surface area contributed by atoms with Crippen molar-refractivity contribution < 1.29 is 19.4 Å². The molecule has 1 aliphatic rings. The average Bonchev–Trinajstić information content (AvgIpc) is 3.29. The highest BCUT2D eigenvalue weighted by molar-refractivity contribution is 5.94. The van der Waals surface area contributed by atoms with Crippen molar-refractivity contribution in [2.24, 2.45) is 0 Å². The van der Waals surface area contributed by atoms with Crippen LogP contribution in [0.2, 0.25) is 0 Å². The molecule has 1 aromatic carbocycles. The molecule has 2 amide bonds. The molecule has 21 heavy (non-hydrogen) atoms.